The van der Waals surface area contributed by atoms with Gasteiger partial charge in [0.1, 0.15) is 0 Å². The molecule has 0 saturated heterocycles. The maximum absolute atomic E-state index is 11.8. The van der Waals surface area contributed by atoms with E-state index in [9.17, 15) is 9.59 Å². The van der Waals surface area contributed by atoms with Crippen molar-refractivity contribution in [3.63, 3.8) is 0 Å². The zero-order valence-electron chi connectivity index (χ0n) is 26.3. The molecule has 0 saturated carbocycles. The van der Waals surface area contributed by atoms with Crippen LogP contribution >= 0.6 is 0 Å². The van der Waals surface area contributed by atoms with Crippen LogP contribution in [0.25, 0.3) is 0 Å². The summed E-state index contributed by atoms with van der Waals surface area (Å²) < 4.78 is 10.7. The van der Waals surface area contributed by atoms with Crippen molar-refractivity contribution >= 4 is 11.9 Å². The normalized spacial score (nSPS) is 11.1. The Morgan fingerprint density at radius 1 is 0.410 bits per heavy atom. The molecule has 0 spiro atoms. The largest absolute Gasteiger partial charge is 0.466 e. The van der Waals surface area contributed by atoms with Gasteiger partial charge in [-0.15, -0.1) is 0 Å². The van der Waals surface area contributed by atoms with Gasteiger partial charge in [0.05, 0.1) is 13.2 Å². The van der Waals surface area contributed by atoms with E-state index in [-0.39, 0.29) is 11.9 Å². The Morgan fingerprint density at radius 2 is 0.718 bits per heavy atom. The van der Waals surface area contributed by atoms with Gasteiger partial charge in [-0.05, 0) is 51.6 Å². The fraction of sp³-hybridized carbons (Fsp3) is 0.941. The van der Waals surface area contributed by atoms with E-state index >= 15 is 0 Å². The molecule has 5 heteroatoms. The minimum atomic E-state index is -0.0126. The maximum atomic E-state index is 11.8. The summed E-state index contributed by atoms with van der Waals surface area (Å²) in [4.78, 5) is 23.6. The Bertz CT molecular complexity index is 467. The van der Waals surface area contributed by atoms with Gasteiger partial charge in [0.25, 0.3) is 0 Å². The fourth-order valence-electron chi connectivity index (χ4n) is 4.86. The number of esters is 2. The molecule has 232 valence electrons. The molecule has 0 amide bonds. The predicted molar refractivity (Wildman–Crippen MR) is 166 cm³/mol. The molecule has 39 heavy (non-hydrogen) atoms. The monoisotopic (exact) mass is 554 g/mol. The third-order valence-corrected chi connectivity index (χ3v) is 7.49. The molecule has 0 aromatic carbocycles. The second-order valence-electron chi connectivity index (χ2n) is 11.5. The molecule has 0 bridgehead atoms. The van der Waals surface area contributed by atoms with Crippen LogP contribution in [-0.2, 0) is 19.1 Å². The maximum Gasteiger partial charge on any atom is 0.305 e. The molecule has 0 atom stereocenters. The van der Waals surface area contributed by atoms with Crippen LogP contribution in [0.3, 0.4) is 0 Å². The third-order valence-electron chi connectivity index (χ3n) is 7.49. The lowest BCUT2D eigenvalue weighted by Gasteiger charge is -2.06. The van der Waals surface area contributed by atoms with Crippen molar-refractivity contribution in [2.45, 2.75) is 181 Å². The van der Waals surface area contributed by atoms with Crippen LogP contribution in [0.5, 0.6) is 0 Å². The molecule has 0 aromatic rings. The summed E-state index contributed by atoms with van der Waals surface area (Å²) in [5.74, 6) is -0.0252. The van der Waals surface area contributed by atoms with Crippen molar-refractivity contribution in [1.29, 1.82) is 0 Å². The lowest BCUT2D eigenvalue weighted by molar-refractivity contribution is -0.144. The number of rotatable bonds is 32. The summed E-state index contributed by atoms with van der Waals surface area (Å²) in [7, 11) is 0. The van der Waals surface area contributed by atoms with Gasteiger partial charge in [-0.2, -0.15) is 0 Å². The van der Waals surface area contributed by atoms with Gasteiger partial charge in [-0.1, -0.05) is 129 Å². The van der Waals surface area contributed by atoms with Crippen LogP contribution in [0.1, 0.15) is 181 Å². The number of nitrogens with one attached hydrogen (secondary N) is 1. The topological polar surface area (TPSA) is 64.6 Å². The van der Waals surface area contributed by atoms with E-state index < -0.39 is 0 Å². The van der Waals surface area contributed by atoms with Gasteiger partial charge in [-0.3, -0.25) is 9.59 Å². The highest BCUT2D eigenvalue weighted by Crippen LogP contribution is 2.10. The van der Waals surface area contributed by atoms with E-state index in [1.807, 2.05) is 0 Å². The van der Waals surface area contributed by atoms with Gasteiger partial charge in [0, 0.05) is 12.8 Å². The Balaban J connectivity index is 3.20. The Hall–Kier alpha value is -1.10. The standard InChI is InChI=1S/C34H67NO4/c1-3-5-7-9-11-19-25-31-38-33(36)27-21-15-13-17-23-29-35-30-24-18-14-16-22-28-34(37)39-32-26-20-12-10-8-6-4-2/h35H,3-32H2,1-2H3. The SMILES string of the molecule is CCCCCCCCCOC(=O)CCCCCCCNCCCCCCCC(=O)OCCCCCCCCC. The summed E-state index contributed by atoms with van der Waals surface area (Å²) in [6, 6.07) is 0. The van der Waals surface area contributed by atoms with Crippen molar-refractivity contribution in [3.05, 3.63) is 0 Å². The molecule has 0 unspecified atom stereocenters. The second-order valence-corrected chi connectivity index (χ2v) is 11.5. The molecule has 0 aliphatic rings. The van der Waals surface area contributed by atoms with Crippen LogP contribution in [0, 0.1) is 0 Å². The highest BCUT2D eigenvalue weighted by atomic mass is 16.5. The summed E-state index contributed by atoms with van der Waals surface area (Å²) in [5.41, 5.74) is 0. The highest BCUT2D eigenvalue weighted by molar-refractivity contribution is 5.69. The Labute approximate surface area is 243 Å². The summed E-state index contributed by atoms with van der Waals surface area (Å²) >= 11 is 0. The van der Waals surface area contributed by atoms with Crippen LogP contribution in [0.4, 0.5) is 0 Å². The molecule has 0 rings (SSSR count). The van der Waals surface area contributed by atoms with E-state index in [0.29, 0.717) is 26.1 Å². The van der Waals surface area contributed by atoms with Crippen LogP contribution < -0.4 is 5.32 Å². The first-order chi connectivity index (χ1) is 19.2. The number of ether oxygens (including phenoxy) is 2. The van der Waals surface area contributed by atoms with Crippen LogP contribution in [0.15, 0.2) is 0 Å². The van der Waals surface area contributed by atoms with Crippen molar-refractivity contribution < 1.29 is 19.1 Å². The molecule has 0 aliphatic heterocycles. The molecule has 0 fully saturated rings. The minimum Gasteiger partial charge on any atom is -0.466 e. The zero-order chi connectivity index (χ0) is 28.5. The van der Waals surface area contributed by atoms with Gasteiger partial charge in [0.15, 0.2) is 0 Å². The smallest absolute Gasteiger partial charge is 0.305 e. The number of unbranched alkanes of at least 4 members (excludes halogenated alkanes) is 20. The average molecular weight is 554 g/mol. The minimum absolute atomic E-state index is 0.0126. The number of hydrogen-bond donors (Lipinski definition) is 1. The zero-order valence-corrected chi connectivity index (χ0v) is 26.3. The van der Waals surface area contributed by atoms with E-state index in [1.165, 1.54) is 116 Å². The van der Waals surface area contributed by atoms with E-state index in [4.69, 9.17) is 9.47 Å². The molecule has 0 radical (unpaired) electrons. The van der Waals surface area contributed by atoms with Gasteiger partial charge in [0.2, 0.25) is 0 Å². The van der Waals surface area contributed by atoms with Crippen LogP contribution in [-0.4, -0.2) is 38.2 Å². The average Bonchev–Trinajstić information content (AvgIpc) is 2.93. The molecular formula is C34H67NO4. The first-order valence-electron chi connectivity index (χ1n) is 17.2. The van der Waals surface area contributed by atoms with Gasteiger partial charge in [-0.25, -0.2) is 0 Å². The number of carbonyl (C=O) groups is 2. The lowest BCUT2D eigenvalue weighted by Crippen LogP contribution is -2.16. The molecule has 0 heterocycles. The van der Waals surface area contributed by atoms with Gasteiger partial charge < -0.3 is 14.8 Å². The van der Waals surface area contributed by atoms with E-state index in [0.717, 1.165) is 51.6 Å². The molecule has 1 N–H and O–H groups in total. The quantitative estimate of drug-likeness (QED) is 0.0663. The molecular weight excluding hydrogens is 486 g/mol. The van der Waals surface area contributed by atoms with E-state index in [1.54, 1.807) is 0 Å². The fourth-order valence-corrected chi connectivity index (χ4v) is 4.86. The predicted octanol–water partition coefficient (Wildman–Crippen LogP) is 9.84. The van der Waals surface area contributed by atoms with Crippen molar-refractivity contribution in [1.82, 2.24) is 5.32 Å². The summed E-state index contributed by atoms with van der Waals surface area (Å²) in [6.07, 6.45) is 30.1. The molecule has 5 nitrogen and oxygen atoms in total. The lowest BCUT2D eigenvalue weighted by atomic mass is 10.1. The van der Waals surface area contributed by atoms with Gasteiger partial charge >= 0.3 is 11.9 Å². The first kappa shape index (κ1) is 37.9. The first-order valence-corrected chi connectivity index (χ1v) is 17.2. The summed E-state index contributed by atoms with van der Waals surface area (Å²) in [6.45, 7) is 7.87. The Morgan fingerprint density at radius 3 is 1.10 bits per heavy atom. The summed E-state index contributed by atoms with van der Waals surface area (Å²) in [5, 5.41) is 3.55. The van der Waals surface area contributed by atoms with Crippen molar-refractivity contribution in [2.24, 2.45) is 0 Å². The third kappa shape index (κ3) is 33.0. The highest BCUT2D eigenvalue weighted by Gasteiger charge is 2.04. The molecule has 0 aliphatic carbocycles. The number of hydrogen-bond acceptors (Lipinski definition) is 5. The van der Waals surface area contributed by atoms with Crippen LogP contribution in [0.2, 0.25) is 0 Å². The Kier molecular flexibility index (Phi) is 32.2. The van der Waals surface area contributed by atoms with E-state index in [2.05, 4.69) is 19.2 Å². The molecule has 0 aromatic heterocycles. The van der Waals surface area contributed by atoms with Crippen molar-refractivity contribution in [3.8, 4) is 0 Å². The second kappa shape index (κ2) is 33.1. The van der Waals surface area contributed by atoms with Crippen molar-refractivity contribution in [2.75, 3.05) is 26.3 Å². The number of carbonyl (C=O) groups excluding carboxylic acids is 2.